The lowest BCUT2D eigenvalue weighted by molar-refractivity contribution is -0.121. The molecule has 0 bridgehead atoms. The zero-order chi connectivity index (χ0) is 21.4. The van der Waals surface area contributed by atoms with Gasteiger partial charge in [-0.2, -0.15) is 0 Å². The van der Waals surface area contributed by atoms with Crippen LogP contribution in [0.4, 0.5) is 10.1 Å². The topological polar surface area (TPSA) is 57.7 Å². The van der Waals surface area contributed by atoms with Crippen molar-refractivity contribution in [2.45, 2.75) is 13.8 Å². The minimum Gasteiger partial charge on any atom is -0.310 e. The van der Waals surface area contributed by atoms with Crippen molar-refractivity contribution >= 4 is 34.2 Å². The van der Waals surface area contributed by atoms with Crippen LogP contribution in [0.3, 0.4) is 0 Å². The summed E-state index contributed by atoms with van der Waals surface area (Å²) < 4.78 is 13.7. The molecule has 3 amide bonds. The Bertz CT molecular complexity index is 1120. The summed E-state index contributed by atoms with van der Waals surface area (Å²) in [6, 6.07) is 16.5. The Morgan fingerprint density at radius 1 is 0.967 bits per heavy atom. The number of hydrogen-bond donors (Lipinski definition) is 0. The molecule has 152 valence electrons. The van der Waals surface area contributed by atoms with Gasteiger partial charge in [0.25, 0.3) is 11.8 Å². The molecule has 3 aromatic carbocycles. The molecule has 0 saturated heterocycles. The predicted octanol–water partition coefficient (Wildman–Crippen LogP) is 4.26. The number of anilines is 1. The molecule has 1 heterocycles. The van der Waals surface area contributed by atoms with E-state index in [2.05, 4.69) is 0 Å². The maximum absolute atomic E-state index is 13.7. The zero-order valence-corrected chi connectivity index (χ0v) is 16.8. The molecule has 0 aliphatic carbocycles. The molecule has 1 aliphatic heterocycles. The summed E-state index contributed by atoms with van der Waals surface area (Å²) in [7, 11) is 0. The minimum absolute atomic E-state index is 0.0113. The number of nitrogens with zero attached hydrogens (tertiary/aromatic N) is 2. The lowest BCUT2D eigenvalue weighted by atomic mass is 9.94. The van der Waals surface area contributed by atoms with E-state index < -0.39 is 5.82 Å². The van der Waals surface area contributed by atoms with Gasteiger partial charge in [0.1, 0.15) is 5.82 Å². The van der Waals surface area contributed by atoms with Gasteiger partial charge in [0.2, 0.25) is 5.91 Å². The monoisotopic (exact) mass is 404 g/mol. The first-order valence-electron chi connectivity index (χ1n) is 9.83. The highest BCUT2D eigenvalue weighted by molar-refractivity contribution is 6.25. The van der Waals surface area contributed by atoms with E-state index in [1.54, 1.807) is 44.2 Å². The van der Waals surface area contributed by atoms with E-state index in [1.165, 1.54) is 23.1 Å². The van der Waals surface area contributed by atoms with Crippen molar-refractivity contribution in [3.63, 3.8) is 0 Å². The van der Waals surface area contributed by atoms with E-state index in [-0.39, 0.29) is 36.7 Å². The highest BCUT2D eigenvalue weighted by Gasteiger charge is 2.33. The fraction of sp³-hybridized carbons (Fsp3) is 0.208. The Labute approximate surface area is 173 Å². The molecular formula is C24H21FN2O3. The highest BCUT2D eigenvalue weighted by Crippen LogP contribution is 2.30. The largest absolute Gasteiger partial charge is 0.310 e. The Balaban J connectivity index is 1.65. The third-order valence-corrected chi connectivity index (χ3v) is 5.28. The van der Waals surface area contributed by atoms with E-state index >= 15 is 0 Å². The van der Waals surface area contributed by atoms with E-state index in [4.69, 9.17) is 0 Å². The maximum Gasteiger partial charge on any atom is 0.261 e. The number of rotatable bonds is 5. The van der Waals surface area contributed by atoms with Crippen LogP contribution >= 0.6 is 0 Å². The number of amides is 3. The second-order valence-electron chi connectivity index (χ2n) is 7.60. The maximum atomic E-state index is 13.7. The first-order chi connectivity index (χ1) is 14.4. The van der Waals surface area contributed by atoms with Crippen molar-refractivity contribution in [3.05, 3.63) is 77.6 Å². The summed E-state index contributed by atoms with van der Waals surface area (Å²) in [4.78, 5) is 41.5. The van der Waals surface area contributed by atoms with Crippen molar-refractivity contribution in [3.8, 4) is 0 Å². The summed E-state index contributed by atoms with van der Waals surface area (Å²) in [6.07, 6.45) is 0. The molecule has 0 aromatic heterocycles. The summed E-state index contributed by atoms with van der Waals surface area (Å²) in [5, 5.41) is 1.49. The second-order valence-corrected chi connectivity index (χ2v) is 7.60. The van der Waals surface area contributed by atoms with Crippen molar-refractivity contribution in [1.29, 1.82) is 0 Å². The molecule has 1 aliphatic rings. The Kier molecular flexibility index (Phi) is 5.08. The normalized spacial score (nSPS) is 13.3. The minimum atomic E-state index is -0.459. The lowest BCUT2D eigenvalue weighted by Crippen LogP contribution is -2.46. The molecule has 30 heavy (non-hydrogen) atoms. The van der Waals surface area contributed by atoms with Crippen LogP contribution in [0.2, 0.25) is 0 Å². The molecule has 0 saturated carbocycles. The van der Waals surface area contributed by atoms with Crippen LogP contribution in [-0.4, -0.2) is 35.7 Å². The number of imide groups is 1. The Morgan fingerprint density at radius 3 is 2.13 bits per heavy atom. The van der Waals surface area contributed by atoms with Crippen LogP contribution in [0.15, 0.2) is 60.7 Å². The van der Waals surface area contributed by atoms with Gasteiger partial charge in [0.15, 0.2) is 0 Å². The third-order valence-electron chi connectivity index (χ3n) is 5.28. The molecular weight excluding hydrogens is 383 g/mol. The third kappa shape index (κ3) is 3.34. The van der Waals surface area contributed by atoms with E-state index in [0.29, 0.717) is 22.2 Å². The molecule has 3 aromatic rings. The van der Waals surface area contributed by atoms with Gasteiger partial charge in [-0.1, -0.05) is 44.2 Å². The number of carbonyl (C=O) groups is 3. The molecule has 0 unspecified atom stereocenters. The van der Waals surface area contributed by atoms with Gasteiger partial charge in [-0.3, -0.25) is 19.3 Å². The van der Waals surface area contributed by atoms with E-state index in [9.17, 15) is 18.8 Å². The quantitative estimate of drug-likeness (QED) is 0.597. The molecule has 0 atom stereocenters. The van der Waals surface area contributed by atoms with Crippen LogP contribution in [-0.2, 0) is 4.79 Å². The molecule has 0 fully saturated rings. The summed E-state index contributed by atoms with van der Waals surface area (Å²) in [5.41, 5.74) is 1.33. The number of hydrogen-bond acceptors (Lipinski definition) is 3. The average Bonchev–Trinajstić information content (AvgIpc) is 2.74. The Morgan fingerprint density at radius 2 is 1.57 bits per heavy atom. The molecule has 0 spiro atoms. The number of halogens is 1. The van der Waals surface area contributed by atoms with Gasteiger partial charge in [-0.15, -0.1) is 0 Å². The number of carbonyl (C=O) groups excluding carboxylic acids is 3. The van der Waals surface area contributed by atoms with Crippen LogP contribution < -0.4 is 4.90 Å². The fourth-order valence-electron chi connectivity index (χ4n) is 3.81. The second kappa shape index (κ2) is 7.71. The van der Waals surface area contributed by atoms with Gasteiger partial charge in [0, 0.05) is 41.2 Å². The zero-order valence-electron chi connectivity index (χ0n) is 16.8. The highest BCUT2D eigenvalue weighted by atomic mass is 19.1. The molecule has 0 N–H and O–H groups in total. The first kappa shape index (κ1) is 19.8. The molecule has 4 rings (SSSR count). The molecule has 0 radical (unpaired) electrons. The van der Waals surface area contributed by atoms with Crippen molar-refractivity contribution in [1.82, 2.24) is 4.90 Å². The van der Waals surface area contributed by atoms with Gasteiger partial charge < -0.3 is 4.90 Å². The summed E-state index contributed by atoms with van der Waals surface area (Å²) in [5.74, 6) is -1.77. The van der Waals surface area contributed by atoms with Gasteiger partial charge in [-0.05, 0) is 35.7 Å². The molecule has 6 heteroatoms. The summed E-state index contributed by atoms with van der Waals surface area (Å²) in [6.45, 7) is 3.60. The fourth-order valence-corrected chi connectivity index (χ4v) is 3.81. The predicted molar refractivity (Wildman–Crippen MR) is 113 cm³/mol. The SMILES string of the molecule is CC(C)C(=O)N(CCN1C(=O)c2cccc3cccc(c23)C1=O)c1cccc(F)c1. The van der Waals surface area contributed by atoms with Crippen LogP contribution in [0.1, 0.15) is 34.6 Å². The van der Waals surface area contributed by atoms with Gasteiger partial charge in [0.05, 0.1) is 0 Å². The van der Waals surface area contributed by atoms with Gasteiger partial charge >= 0.3 is 0 Å². The van der Waals surface area contributed by atoms with Crippen molar-refractivity contribution < 1.29 is 18.8 Å². The Hall–Kier alpha value is -3.54. The van der Waals surface area contributed by atoms with Crippen molar-refractivity contribution in [2.75, 3.05) is 18.0 Å². The molecule has 5 nitrogen and oxygen atoms in total. The number of benzene rings is 3. The van der Waals surface area contributed by atoms with E-state index in [0.717, 1.165) is 10.3 Å². The first-order valence-corrected chi connectivity index (χ1v) is 9.83. The average molecular weight is 404 g/mol. The van der Waals surface area contributed by atoms with Crippen molar-refractivity contribution in [2.24, 2.45) is 5.92 Å². The van der Waals surface area contributed by atoms with Crippen LogP contribution in [0.5, 0.6) is 0 Å². The smallest absolute Gasteiger partial charge is 0.261 e. The van der Waals surface area contributed by atoms with E-state index in [1.807, 2.05) is 12.1 Å². The standard InChI is InChI=1S/C24H21FN2O3/c1-15(2)22(28)26(18-9-5-8-17(25)14-18)12-13-27-23(29)19-10-3-6-16-7-4-11-20(21(16)19)24(27)30/h3-11,14-15H,12-13H2,1-2H3. The van der Waals surface area contributed by atoms with Crippen LogP contribution in [0.25, 0.3) is 10.8 Å². The van der Waals surface area contributed by atoms with Crippen LogP contribution in [0, 0.1) is 11.7 Å². The van der Waals surface area contributed by atoms with Gasteiger partial charge in [-0.25, -0.2) is 4.39 Å². The lowest BCUT2D eigenvalue weighted by Gasteiger charge is -2.31. The summed E-state index contributed by atoms with van der Waals surface area (Å²) >= 11 is 0.